The molecule has 116 valence electrons. The van der Waals surface area contributed by atoms with Crippen LogP contribution in [0.15, 0.2) is 36.7 Å². The summed E-state index contributed by atoms with van der Waals surface area (Å²) in [7, 11) is 0. The molecule has 0 radical (unpaired) electrons. The zero-order valence-electron chi connectivity index (χ0n) is 12.0. The molecule has 1 aromatic carbocycles. The molecule has 5 nitrogen and oxygen atoms in total. The van der Waals surface area contributed by atoms with Crippen LogP contribution in [0.5, 0.6) is 0 Å². The fourth-order valence-corrected chi connectivity index (χ4v) is 2.92. The number of hydrogen-bond donors (Lipinski definition) is 0. The van der Waals surface area contributed by atoms with Gasteiger partial charge < -0.3 is 14.4 Å². The second-order valence-electron chi connectivity index (χ2n) is 5.17. The summed E-state index contributed by atoms with van der Waals surface area (Å²) in [5.41, 5.74) is 1.09. The van der Waals surface area contributed by atoms with Crippen molar-refractivity contribution >= 4 is 34.8 Å². The van der Waals surface area contributed by atoms with Crippen molar-refractivity contribution in [2.75, 3.05) is 31.1 Å². The Morgan fingerprint density at radius 1 is 1.18 bits per heavy atom. The van der Waals surface area contributed by atoms with Gasteiger partial charge in [0.05, 0.1) is 0 Å². The third-order valence-corrected chi connectivity index (χ3v) is 4.33. The van der Waals surface area contributed by atoms with Gasteiger partial charge in [0.25, 0.3) is 0 Å². The van der Waals surface area contributed by atoms with Crippen LogP contribution in [-0.4, -0.2) is 46.5 Å². The third-order valence-electron chi connectivity index (χ3n) is 3.78. The minimum absolute atomic E-state index is 0.0608. The summed E-state index contributed by atoms with van der Waals surface area (Å²) in [6.45, 7) is 3.21. The van der Waals surface area contributed by atoms with Crippen LogP contribution < -0.4 is 4.90 Å². The zero-order valence-corrected chi connectivity index (χ0v) is 13.5. The summed E-state index contributed by atoms with van der Waals surface area (Å²) in [6, 6.07) is 7.79. The van der Waals surface area contributed by atoms with Crippen LogP contribution >= 0.6 is 23.2 Å². The molecule has 1 aliphatic rings. The highest BCUT2D eigenvalue weighted by Crippen LogP contribution is 2.21. The topological polar surface area (TPSA) is 41.4 Å². The second kappa shape index (κ2) is 6.58. The van der Waals surface area contributed by atoms with Crippen molar-refractivity contribution < 1.29 is 4.79 Å². The molecule has 0 atom stereocenters. The number of anilines is 1. The average molecular weight is 339 g/mol. The Hall–Kier alpha value is -1.72. The molecule has 0 spiro atoms. The quantitative estimate of drug-likeness (QED) is 0.863. The smallest absolute Gasteiger partial charge is 0.242 e. The lowest BCUT2D eigenvalue weighted by Crippen LogP contribution is -2.49. The molecule has 1 aliphatic heterocycles. The number of imidazole rings is 1. The van der Waals surface area contributed by atoms with Gasteiger partial charge in [-0.2, -0.15) is 0 Å². The van der Waals surface area contributed by atoms with Crippen LogP contribution in [0.2, 0.25) is 10.3 Å². The van der Waals surface area contributed by atoms with Crippen LogP contribution in [0.25, 0.3) is 0 Å². The number of amides is 1. The highest BCUT2D eigenvalue weighted by atomic mass is 35.5. The standard InChI is InChI=1S/C15H16Cl2N4O/c16-12-2-1-3-13(10-12)19-6-8-20(9-7-19)14(22)11-21-5-4-18-15(21)17/h1-5,10H,6-9,11H2. The van der Waals surface area contributed by atoms with Crippen LogP contribution in [-0.2, 0) is 11.3 Å². The normalized spacial score (nSPS) is 15.2. The van der Waals surface area contributed by atoms with Gasteiger partial charge in [0.2, 0.25) is 11.2 Å². The van der Waals surface area contributed by atoms with Crippen molar-refractivity contribution in [2.24, 2.45) is 0 Å². The van der Waals surface area contributed by atoms with Crippen LogP contribution in [0.3, 0.4) is 0 Å². The summed E-state index contributed by atoms with van der Waals surface area (Å²) >= 11 is 11.9. The molecule has 0 unspecified atom stereocenters. The number of benzene rings is 1. The van der Waals surface area contributed by atoms with Crippen molar-refractivity contribution in [3.63, 3.8) is 0 Å². The first-order valence-electron chi connectivity index (χ1n) is 7.08. The highest BCUT2D eigenvalue weighted by Gasteiger charge is 2.21. The Morgan fingerprint density at radius 2 is 1.95 bits per heavy atom. The number of rotatable bonds is 3. The van der Waals surface area contributed by atoms with Crippen molar-refractivity contribution in [1.29, 1.82) is 0 Å². The molecule has 0 bridgehead atoms. The van der Waals surface area contributed by atoms with Gasteiger partial charge in [-0.15, -0.1) is 0 Å². The lowest BCUT2D eigenvalue weighted by Gasteiger charge is -2.36. The van der Waals surface area contributed by atoms with Gasteiger partial charge in [-0.25, -0.2) is 4.98 Å². The molecular formula is C15H16Cl2N4O. The van der Waals surface area contributed by atoms with Crippen molar-refractivity contribution in [2.45, 2.75) is 6.54 Å². The maximum absolute atomic E-state index is 12.3. The van der Waals surface area contributed by atoms with Crippen LogP contribution in [0.1, 0.15) is 0 Å². The summed E-state index contributed by atoms with van der Waals surface area (Å²) in [5, 5.41) is 1.07. The van der Waals surface area contributed by atoms with Crippen LogP contribution in [0, 0.1) is 0 Å². The fraction of sp³-hybridized carbons (Fsp3) is 0.333. The largest absolute Gasteiger partial charge is 0.368 e. The summed E-state index contributed by atoms with van der Waals surface area (Å²) in [6.07, 6.45) is 3.30. The number of halogens is 2. The minimum Gasteiger partial charge on any atom is -0.368 e. The lowest BCUT2D eigenvalue weighted by atomic mass is 10.2. The molecule has 0 N–H and O–H groups in total. The molecule has 1 aromatic heterocycles. The first-order valence-corrected chi connectivity index (χ1v) is 7.84. The van der Waals surface area contributed by atoms with Gasteiger partial charge in [-0.3, -0.25) is 4.79 Å². The Kier molecular flexibility index (Phi) is 4.55. The van der Waals surface area contributed by atoms with E-state index in [1.54, 1.807) is 17.0 Å². The molecule has 0 aliphatic carbocycles. The SMILES string of the molecule is O=C(Cn1ccnc1Cl)N1CCN(c2cccc(Cl)c2)CC1. The Bertz CT molecular complexity index is 665. The summed E-state index contributed by atoms with van der Waals surface area (Å²) in [4.78, 5) is 20.3. The molecule has 1 saturated heterocycles. The van der Waals surface area contributed by atoms with Crippen molar-refractivity contribution in [1.82, 2.24) is 14.5 Å². The van der Waals surface area contributed by atoms with E-state index in [0.717, 1.165) is 23.8 Å². The van der Waals surface area contributed by atoms with Gasteiger partial charge in [-0.05, 0) is 29.8 Å². The maximum Gasteiger partial charge on any atom is 0.242 e. The van der Waals surface area contributed by atoms with E-state index in [-0.39, 0.29) is 12.5 Å². The van der Waals surface area contributed by atoms with E-state index in [1.165, 1.54) is 0 Å². The predicted octanol–water partition coefficient (Wildman–Crippen LogP) is 2.54. The Labute approximate surface area is 139 Å². The molecule has 3 rings (SSSR count). The zero-order chi connectivity index (χ0) is 15.5. The number of carbonyl (C=O) groups is 1. The number of hydrogen-bond acceptors (Lipinski definition) is 3. The molecule has 0 saturated carbocycles. The van der Waals surface area contributed by atoms with E-state index in [1.807, 2.05) is 29.2 Å². The minimum atomic E-state index is 0.0608. The van der Waals surface area contributed by atoms with Gasteiger partial charge >= 0.3 is 0 Å². The van der Waals surface area contributed by atoms with Crippen molar-refractivity contribution in [3.05, 3.63) is 47.0 Å². The van der Waals surface area contributed by atoms with Gasteiger partial charge in [0.15, 0.2) is 0 Å². The number of carbonyl (C=O) groups excluding carboxylic acids is 1. The first kappa shape index (κ1) is 15.2. The number of nitrogens with zero attached hydrogens (tertiary/aromatic N) is 4. The van der Waals surface area contributed by atoms with E-state index in [2.05, 4.69) is 9.88 Å². The lowest BCUT2D eigenvalue weighted by molar-refractivity contribution is -0.132. The molecule has 1 fully saturated rings. The molecule has 2 aromatic rings. The third kappa shape index (κ3) is 3.36. The summed E-state index contributed by atoms with van der Waals surface area (Å²) in [5.74, 6) is 0.0608. The average Bonchev–Trinajstić information content (AvgIpc) is 2.92. The molecule has 22 heavy (non-hydrogen) atoms. The second-order valence-corrected chi connectivity index (χ2v) is 5.95. The predicted molar refractivity (Wildman–Crippen MR) is 87.5 cm³/mol. The van der Waals surface area contributed by atoms with Gasteiger partial charge in [0, 0.05) is 49.3 Å². The molecule has 7 heteroatoms. The molecule has 2 heterocycles. The summed E-state index contributed by atoms with van der Waals surface area (Å²) < 4.78 is 1.65. The maximum atomic E-state index is 12.3. The van der Waals surface area contributed by atoms with Crippen molar-refractivity contribution in [3.8, 4) is 0 Å². The Morgan fingerprint density at radius 3 is 2.59 bits per heavy atom. The molecule has 1 amide bonds. The number of piperazine rings is 1. The first-order chi connectivity index (χ1) is 10.6. The van der Waals surface area contributed by atoms with E-state index in [4.69, 9.17) is 23.2 Å². The molecular weight excluding hydrogens is 323 g/mol. The van der Waals surface area contributed by atoms with E-state index >= 15 is 0 Å². The highest BCUT2D eigenvalue weighted by molar-refractivity contribution is 6.30. The van der Waals surface area contributed by atoms with Gasteiger partial charge in [0.1, 0.15) is 6.54 Å². The van der Waals surface area contributed by atoms with E-state index < -0.39 is 0 Å². The Balaban J connectivity index is 1.57. The van der Waals surface area contributed by atoms with Gasteiger partial charge in [-0.1, -0.05) is 17.7 Å². The number of aromatic nitrogens is 2. The van der Waals surface area contributed by atoms with E-state index in [9.17, 15) is 4.79 Å². The van der Waals surface area contributed by atoms with Crippen LogP contribution in [0.4, 0.5) is 5.69 Å². The van der Waals surface area contributed by atoms with E-state index in [0.29, 0.717) is 18.4 Å². The monoisotopic (exact) mass is 338 g/mol. The fourth-order valence-electron chi connectivity index (χ4n) is 2.56.